The summed E-state index contributed by atoms with van der Waals surface area (Å²) < 4.78 is 0. The average molecular weight is 273 g/mol. The third-order valence-electron chi connectivity index (χ3n) is 3.85. The number of aliphatic hydroxyl groups excluding tert-OH is 1. The zero-order chi connectivity index (χ0) is 14.6. The van der Waals surface area contributed by atoms with Crippen LogP contribution in [0.5, 0.6) is 0 Å². The van der Waals surface area contributed by atoms with Gasteiger partial charge in [0, 0.05) is 12.1 Å². The molecule has 0 aromatic rings. The number of hydrogen-bond donors (Lipinski definition) is 4. The summed E-state index contributed by atoms with van der Waals surface area (Å²) in [6.07, 6.45) is 2.01. The number of nitrogens with one attached hydrogen (secondary N) is 2. The minimum absolute atomic E-state index is 0.0269. The number of carbonyl (C=O) groups is 2. The topological polar surface area (TPSA) is 102 Å². The maximum Gasteiger partial charge on any atom is 0.328 e. The van der Waals surface area contributed by atoms with Crippen molar-refractivity contribution in [1.82, 2.24) is 15.5 Å². The Bertz CT molecular complexity index is 340. The van der Waals surface area contributed by atoms with E-state index in [1.54, 1.807) is 0 Å². The van der Waals surface area contributed by atoms with Gasteiger partial charge in [-0.3, -0.25) is 0 Å². The SMILES string of the molecule is CC(O)C(NC(=O)NCC1(N(C)C)CCC1)C(=O)O. The summed E-state index contributed by atoms with van der Waals surface area (Å²) in [4.78, 5) is 24.6. The average Bonchev–Trinajstić information content (AvgIpc) is 2.22. The number of aliphatic hydroxyl groups is 1. The van der Waals surface area contributed by atoms with Gasteiger partial charge in [0.15, 0.2) is 6.04 Å². The van der Waals surface area contributed by atoms with Gasteiger partial charge in [-0.1, -0.05) is 0 Å². The maximum atomic E-state index is 11.7. The highest BCUT2D eigenvalue weighted by Crippen LogP contribution is 2.35. The molecule has 110 valence electrons. The van der Waals surface area contributed by atoms with Crippen molar-refractivity contribution < 1.29 is 19.8 Å². The molecule has 0 heterocycles. The van der Waals surface area contributed by atoms with Gasteiger partial charge in [0.25, 0.3) is 0 Å². The molecule has 1 fully saturated rings. The largest absolute Gasteiger partial charge is 0.480 e. The molecule has 0 bridgehead atoms. The van der Waals surface area contributed by atoms with Crippen molar-refractivity contribution >= 4 is 12.0 Å². The molecular weight excluding hydrogens is 250 g/mol. The summed E-state index contributed by atoms with van der Waals surface area (Å²) in [5.74, 6) is -1.25. The molecule has 0 aliphatic heterocycles. The smallest absolute Gasteiger partial charge is 0.328 e. The first-order chi connectivity index (χ1) is 8.78. The van der Waals surface area contributed by atoms with Crippen LogP contribution < -0.4 is 10.6 Å². The number of amides is 2. The Kier molecular flexibility index (Phi) is 5.13. The number of carboxylic acid groups (broad SMARTS) is 1. The van der Waals surface area contributed by atoms with Crippen LogP contribution >= 0.6 is 0 Å². The molecule has 2 unspecified atom stereocenters. The maximum absolute atomic E-state index is 11.7. The van der Waals surface area contributed by atoms with Gasteiger partial charge in [-0.2, -0.15) is 0 Å². The van der Waals surface area contributed by atoms with Crippen LogP contribution in [0.15, 0.2) is 0 Å². The van der Waals surface area contributed by atoms with Crippen molar-refractivity contribution in [2.45, 2.75) is 43.9 Å². The second-order valence-electron chi connectivity index (χ2n) is 5.36. The van der Waals surface area contributed by atoms with Crippen molar-refractivity contribution in [3.8, 4) is 0 Å². The molecule has 1 saturated carbocycles. The van der Waals surface area contributed by atoms with Gasteiger partial charge in [0.1, 0.15) is 0 Å². The van der Waals surface area contributed by atoms with Gasteiger partial charge in [0.05, 0.1) is 6.10 Å². The lowest BCUT2D eigenvalue weighted by molar-refractivity contribution is -0.141. The first-order valence-electron chi connectivity index (χ1n) is 6.41. The number of urea groups is 1. The van der Waals surface area contributed by atoms with Crippen LogP contribution in [0.1, 0.15) is 26.2 Å². The van der Waals surface area contributed by atoms with Crippen molar-refractivity contribution in [1.29, 1.82) is 0 Å². The normalized spacial score (nSPS) is 20.3. The summed E-state index contributed by atoms with van der Waals surface area (Å²) in [5.41, 5.74) is -0.0269. The van der Waals surface area contributed by atoms with E-state index in [1.807, 2.05) is 14.1 Å². The summed E-state index contributed by atoms with van der Waals surface area (Å²) >= 11 is 0. The fraction of sp³-hybridized carbons (Fsp3) is 0.833. The second-order valence-corrected chi connectivity index (χ2v) is 5.36. The van der Waals surface area contributed by atoms with E-state index in [4.69, 9.17) is 5.11 Å². The molecule has 0 radical (unpaired) electrons. The highest BCUT2D eigenvalue weighted by molar-refractivity contribution is 5.82. The van der Waals surface area contributed by atoms with Gasteiger partial charge in [-0.25, -0.2) is 9.59 Å². The van der Waals surface area contributed by atoms with Crippen molar-refractivity contribution in [2.24, 2.45) is 0 Å². The molecule has 2 atom stereocenters. The third kappa shape index (κ3) is 3.81. The van der Waals surface area contributed by atoms with E-state index in [2.05, 4.69) is 15.5 Å². The van der Waals surface area contributed by atoms with E-state index >= 15 is 0 Å². The van der Waals surface area contributed by atoms with E-state index < -0.39 is 24.1 Å². The zero-order valence-corrected chi connectivity index (χ0v) is 11.6. The first kappa shape index (κ1) is 15.7. The van der Waals surface area contributed by atoms with E-state index in [0.29, 0.717) is 6.54 Å². The lowest BCUT2D eigenvalue weighted by atomic mass is 9.75. The Morgan fingerprint density at radius 3 is 2.26 bits per heavy atom. The van der Waals surface area contributed by atoms with E-state index in [-0.39, 0.29) is 5.54 Å². The molecule has 0 aromatic carbocycles. The van der Waals surface area contributed by atoms with Gasteiger partial charge < -0.3 is 25.7 Å². The summed E-state index contributed by atoms with van der Waals surface area (Å²) in [7, 11) is 3.93. The number of carboxylic acids is 1. The third-order valence-corrected chi connectivity index (χ3v) is 3.85. The molecule has 7 heteroatoms. The van der Waals surface area contributed by atoms with Gasteiger partial charge >= 0.3 is 12.0 Å². The molecule has 0 spiro atoms. The highest BCUT2D eigenvalue weighted by atomic mass is 16.4. The predicted molar refractivity (Wildman–Crippen MR) is 69.9 cm³/mol. The Hall–Kier alpha value is -1.34. The van der Waals surface area contributed by atoms with Crippen LogP contribution in [0, 0.1) is 0 Å². The number of rotatable bonds is 6. The van der Waals surface area contributed by atoms with Crippen molar-refractivity contribution in [2.75, 3.05) is 20.6 Å². The van der Waals surface area contributed by atoms with E-state index in [9.17, 15) is 14.7 Å². The molecule has 0 aromatic heterocycles. The van der Waals surface area contributed by atoms with Crippen LogP contribution in [0.4, 0.5) is 4.79 Å². The van der Waals surface area contributed by atoms with Crippen LogP contribution in [-0.2, 0) is 4.79 Å². The molecule has 7 nitrogen and oxygen atoms in total. The Balaban J connectivity index is 2.45. The zero-order valence-electron chi connectivity index (χ0n) is 11.6. The van der Waals surface area contributed by atoms with Gasteiger partial charge in [-0.05, 0) is 40.3 Å². The summed E-state index contributed by atoms with van der Waals surface area (Å²) in [6, 6.07) is -1.86. The number of aliphatic carboxylic acids is 1. The number of carbonyl (C=O) groups excluding carboxylic acids is 1. The lowest BCUT2D eigenvalue weighted by Gasteiger charge is -2.47. The van der Waals surface area contributed by atoms with Crippen LogP contribution in [0.3, 0.4) is 0 Å². The highest BCUT2D eigenvalue weighted by Gasteiger charge is 2.39. The fourth-order valence-corrected chi connectivity index (χ4v) is 2.19. The lowest BCUT2D eigenvalue weighted by Crippen LogP contribution is -2.59. The van der Waals surface area contributed by atoms with Crippen molar-refractivity contribution in [3.05, 3.63) is 0 Å². The minimum Gasteiger partial charge on any atom is -0.480 e. The number of likely N-dealkylation sites (N-methyl/N-ethyl adjacent to an activating group) is 1. The molecule has 1 aliphatic rings. The second kappa shape index (κ2) is 6.21. The van der Waals surface area contributed by atoms with Crippen LogP contribution in [0.2, 0.25) is 0 Å². The van der Waals surface area contributed by atoms with E-state index in [0.717, 1.165) is 19.3 Å². The standard InChI is InChI=1S/C12H23N3O4/c1-8(16)9(10(17)18)14-11(19)13-7-12(15(2)3)5-4-6-12/h8-9,16H,4-7H2,1-3H3,(H,17,18)(H2,13,14,19). The fourth-order valence-electron chi connectivity index (χ4n) is 2.19. The molecule has 19 heavy (non-hydrogen) atoms. The number of hydrogen-bond acceptors (Lipinski definition) is 4. The van der Waals surface area contributed by atoms with Crippen LogP contribution in [0.25, 0.3) is 0 Å². The molecule has 1 rings (SSSR count). The summed E-state index contributed by atoms with van der Waals surface area (Å²) in [5, 5.41) is 23.1. The molecule has 2 amide bonds. The van der Waals surface area contributed by atoms with Gasteiger partial charge in [-0.15, -0.1) is 0 Å². The van der Waals surface area contributed by atoms with E-state index in [1.165, 1.54) is 6.92 Å². The minimum atomic E-state index is -1.29. The van der Waals surface area contributed by atoms with Crippen LogP contribution in [-0.4, -0.2) is 65.4 Å². The molecule has 0 saturated heterocycles. The predicted octanol–water partition coefficient (Wildman–Crippen LogP) is -0.396. The number of nitrogens with zero attached hydrogens (tertiary/aromatic N) is 1. The quantitative estimate of drug-likeness (QED) is 0.527. The Labute approximate surface area is 113 Å². The molecule has 4 N–H and O–H groups in total. The van der Waals surface area contributed by atoms with Gasteiger partial charge in [0.2, 0.25) is 0 Å². The van der Waals surface area contributed by atoms with Crippen molar-refractivity contribution in [3.63, 3.8) is 0 Å². The Morgan fingerprint density at radius 2 is 1.95 bits per heavy atom. The molecule has 1 aliphatic carbocycles. The summed E-state index contributed by atoms with van der Waals surface area (Å²) in [6.45, 7) is 1.80. The Morgan fingerprint density at radius 1 is 1.37 bits per heavy atom. The molecular formula is C12H23N3O4. The first-order valence-corrected chi connectivity index (χ1v) is 6.41. The monoisotopic (exact) mass is 273 g/mol.